The van der Waals surface area contributed by atoms with Crippen LogP contribution in [0.25, 0.3) is 0 Å². The largest absolute Gasteiger partial charge is 0.346 e. The molecule has 0 radical (unpaired) electrons. The predicted molar refractivity (Wildman–Crippen MR) is 86.6 cm³/mol. The molecule has 20 heavy (non-hydrogen) atoms. The van der Waals surface area contributed by atoms with Crippen LogP contribution in [0, 0.1) is 0 Å². The monoisotopic (exact) mass is 308 g/mol. The highest BCUT2D eigenvalue weighted by Gasteiger charge is 2.28. The maximum absolute atomic E-state index is 6.23. The van der Waals surface area contributed by atoms with E-state index in [0.717, 1.165) is 31.3 Å². The van der Waals surface area contributed by atoms with Gasteiger partial charge in [0.1, 0.15) is 0 Å². The van der Waals surface area contributed by atoms with Gasteiger partial charge in [-0.2, -0.15) is 11.3 Å². The number of piperazine rings is 1. The van der Waals surface area contributed by atoms with E-state index in [0.29, 0.717) is 6.04 Å². The lowest BCUT2D eigenvalue weighted by molar-refractivity contribution is 0.167. The average molecular weight is 308 g/mol. The first kappa shape index (κ1) is 14.0. The van der Waals surface area contributed by atoms with Crippen molar-refractivity contribution in [2.24, 2.45) is 5.73 Å². The molecule has 0 aromatic carbocycles. The van der Waals surface area contributed by atoms with Crippen LogP contribution in [0.15, 0.2) is 28.4 Å². The minimum Gasteiger partial charge on any atom is -0.346 e. The van der Waals surface area contributed by atoms with Crippen LogP contribution in [0.2, 0.25) is 0 Å². The van der Waals surface area contributed by atoms with Crippen molar-refractivity contribution < 1.29 is 0 Å². The number of nitrogens with two attached hydrogens (primary N) is 1. The lowest BCUT2D eigenvalue weighted by Gasteiger charge is -2.40. The summed E-state index contributed by atoms with van der Waals surface area (Å²) in [6, 6.07) is 2.68. The van der Waals surface area contributed by atoms with Crippen LogP contribution in [0.4, 0.5) is 5.13 Å². The molecule has 2 unspecified atom stereocenters. The normalized spacial score (nSPS) is 20.0. The second-order valence-electron chi connectivity index (χ2n) is 5.20. The Hall–Kier alpha value is -0.950. The van der Waals surface area contributed by atoms with Crippen molar-refractivity contribution in [1.29, 1.82) is 0 Å². The van der Waals surface area contributed by atoms with Gasteiger partial charge in [0.05, 0.1) is 6.04 Å². The van der Waals surface area contributed by atoms with Gasteiger partial charge in [0, 0.05) is 43.8 Å². The summed E-state index contributed by atoms with van der Waals surface area (Å²) in [6.07, 6.45) is 1.88. The van der Waals surface area contributed by atoms with Gasteiger partial charge in [-0.25, -0.2) is 4.98 Å². The first-order valence-electron chi connectivity index (χ1n) is 6.92. The van der Waals surface area contributed by atoms with Crippen molar-refractivity contribution in [2.75, 3.05) is 31.1 Å². The molecule has 2 N–H and O–H groups in total. The van der Waals surface area contributed by atoms with Gasteiger partial charge < -0.3 is 10.6 Å². The van der Waals surface area contributed by atoms with Gasteiger partial charge in [0.25, 0.3) is 0 Å². The molecule has 0 saturated carbocycles. The summed E-state index contributed by atoms with van der Waals surface area (Å²) in [5.41, 5.74) is 7.58. The third-order valence-electron chi connectivity index (χ3n) is 3.78. The predicted octanol–water partition coefficient (Wildman–Crippen LogP) is 2.42. The smallest absolute Gasteiger partial charge is 0.185 e. The molecule has 6 heteroatoms. The van der Waals surface area contributed by atoms with E-state index in [1.54, 1.807) is 22.7 Å². The summed E-state index contributed by atoms with van der Waals surface area (Å²) < 4.78 is 0. The van der Waals surface area contributed by atoms with E-state index in [-0.39, 0.29) is 6.04 Å². The Bertz CT molecular complexity index is 501. The van der Waals surface area contributed by atoms with Crippen molar-refractivity contribution in [2.45, 2.75) is 19.0 Å². The number of anilines is 1. The van der Waals surface area contributed by atoms with Gasteiger partial charge in [-0.05, 0) is 29.3 Å². The minimum absolute atomic E-state index is 0.149. The molecule has 3 heterocycles. The van der Waals surface area contributed by atoms with Gasteiger partial charge in [0.15, 0.2) is 5.13 Å². The van der Waals surface area contributed by atoms with Crippen molar-refractivity contribution >= 4 is 27.8 Å². The lowest BCUT2D eigenvalue weighted by Crippen LogP contribution is -2.50. The highest BCUT2D eigenvalue weighted by Crippen LogP contribution is 2.28. The highest BCUT2D eigenvalue weighted by molar-refractivity contribution is 7.13. The Morgan fingerprint density at radius 2 is 2.05 bits per heavy atom. The molecular formula is C14H20N4S2. The van der Waals surface area contributed by atoms with Crippen LogP contribution in [0.5, 0.6) is 0 Å². The first-order chi connectivity index (χ1) is 9.75. The van der Waals surface area contributed by atoms with Crippen LogP contribution in [0.3, 0.4) is 0 Å². The number of nitrogens with zero attached hydrogens (tertiary/aromatic N) is 3. The summed E-state index contributed by atoms with van der Waals surface area (Å²) in [6.45, 7) is 6.25. The molecule has 2 aromatic heterocycles. The van der Waals surface area contributed by atoms with Gasteiger partial charge in [-0.15, -0.1) is 11.3 Å². The summed E-state index contributed by atoms with van der Waals surface area (Å²) >= 11 is 3.46. The summed E-state index contributed by atoms with van der Waals surface area (Å²) in [5.74, 6) is 0. The van der Waals surface area contributed by atoms with Crippen LogP contribution in [-0.2, 0) is 0 Å². The zero-order valence-corrected chi connectivity index (χ0v) is 13.2. The molecule has 0 amide bonds. The number of aromatic nitrogens is 1. The van der Waals surface area contributed by atoms with Crippen molar-refractivity contribution in [3.63, 3.8) is 0 Å². The highest BCUT2D eigenvalue weighted by atomic mass is 32.1. The Labute approximate surface area is 127 Å². The fourth-order valence-corrected chi connectivity index (χ4v) is 4.24. The fourth-order valence-electron chi connectivity index (χ4n) is 2.85. The first-order valence-corrected chi connectivity index (χ1v) is 8.74. The Kier molecular flexibility index (Phi) is 4.35. The molecule has 2 aromatic rings. The molecule has 2 atom stereocenters. The van der Waals surface area contributed by atoms with Crippen LogP contribution < -0.4 is 10.6 Å². The van der Waals surface area contributed by atoms with Crippen LogP contribution in [0.1, 0.15) is 18.5 Å². The number of hydrogen-bond acceptors (Lipinski definition) is 6. The van der Waals surface area contributed by atoms with E-state index in [4.69, 9.17) is 5.73 Å². The van der Waals surface area contributed by atoms with Crippen LogP contribution in [-0.4, -0.2) is 42.1 Å². The third-order valence-corrected chi connectivity index (χ3v) is 5.31. The van der Waals surface area contributed by atoms with Crippen molar-refractivity contribution in [3.8, 4) is 0 Å². The standard InChI is InChI=1S/C14H20N4S2/c1-11(15)13(12-2-8-19-10-12)17-4-6-18(7-5-17)14-16-3-9-20-14/h2-3,8-11,13H,4-7,15H2,1H3. The second-order valence-corrected chi connectivity index (χ2v) is 6.85. The van der Waals surface area contributed by atoms with E-state index in [1.807, 2.05) is 11.6 Å². The molecule has 0 spiro atoms. The summed E-state index contributed by atoms with van der Waals surface area (Å²) in [5, 5.41) is 7.54. The molecule has 1 aliphatic heterocycles. The molecule has 3 rings (SSSR count). The van der Waals surface area contributed by atoms with E-state index in [9.17, 15) is 0 Å². The molecule has 1 aliphatic rings. The quantitative estimate of drug-likeness (QED) is 0.942. The van der Waals surface area contributed by atoms with E-state index in [2.05, 4.69) is 38.5 Å². The third kappa shape index (κ3) is 2.88. The average Bonchev–Trinajstić information content (AvgIpc) is 3.12. The summed E-state index contributed by atoms with van der Waals surface area (Å²) in [4.78, 5) is 9.28. The number of rotatable bonds is 4. The zero-order valence-electron chi connectivity index (χ0n) is 11.6. The molecule has 4 nitrogen and oxygen atoms in total. The molecule has 0 aliphatic carbocycles. The van der Waals surface area contributed by atoms with Gasteiger partial charge in [-0.1, -0.05) is 0 Å². The Morgan fingerprint density at radius 3 is 2.60 bits per heavy atom. The number of thiophene rings is 1. The van der Waals surface area contributed by atoms with Gasteiger partial charge in [0.2, 0.25) is 0 Å². The van der Waals surface area contributed by atoms with E-state index >= 15 is 0 Å². The summed E-state index contributed by atoms with van der Waals surface area (Å²) in [7, 11) is 0. The molecule has 0 bridgehead atoms. The lowest BCUT2D eigenvalue weighted by atomic mass is 10.0. The maximum Gasteiger partial charge on any atom is 0.185 e. The SMILES string of the molecule is CC(N)C(c1ccsc1)N1CCN(c2nccs2)CC1. The maximum atomic E-state index is 6.23. The number of hydrogen-bond donors (Lipinski definition) is 1. The van der Waals surface area contributed by atoms with Crippen molar-refractivity contribution in [1.82, 2.24) is 9.88 Å². The number of thiazole rings is 1. The molecular weight excluding hydrogens is 288 g/mol. The van der Waals surface area contributed by atoms with E-state index < -0.39 is 0 Å². The molecule has 1 fully saturated rings. The second kappa shape index (κ2) is 6.22. The van der Waals surface area contributed by atoms with Crippen LogP contribution >= 0.6 is 22.7 Å². The van der Waals surface area contributed by atoms with E-state index in [1.165, 1.54) is 5.56 Å². The Morgan fingerprint density at radius 1 is 1.25 bits per heavy atom. The van der Waals surface area contributed by atoms with Crippen molar-refractivity contribution in [3.05, 3.63) is 34.0 Å². The Balaban J connectivity index is 1.67. The van der Waals surface area contributed by atoms with Gasteiger partial charge >= 0.3 is 0 Å². The molecule has 108 valence electrons. The van der Waals surface area contributed by atoms with Gasteiger partial charge in [-0.3, -0.25) is 4.90 Å². The fraction of sp³-hybridized carbons (Fsp3) is 0.500. The minimum atomic E-state index is 0.149. The topological polar surface area (TPSA) is 45.4 Å². The molecule has 1 saturated heterocycles. The zero-order chi connectivity index (χ0) is 13.9.